The van der Waals surface area contributed by atoms with Gasteiger partial charge in [-0.1, -0.05) is 43.7 Å². The zero-order valence-electron chi connectivity index (χ0n) is 19.0. The average Bonchev–Trinajstić information content (AvgIpc) is 3.21. The molecule has 0 atom stereocenters. The number of alkyl halides is 3. The Hall–Kier alpha value is -3.18. The van der Waals surface area contributed by atoms with Crippen LogP contribution in [0.1, 0.15) is 37.9 Å². The van der Waals surface area contributed by atoms with Crippen molar-refractivity contribution in [3.63, 3.8) is 0 Å². The number of primary amides is 1. The van der Waals surface area contributed by atoms with Crippen LogP contribution in [0.5, 0.6) is 0 Å². The number of nitrogens with zero attached hydrogens (tertiary/aromatic N) is 2. The van der Waals surface area contributed by atoms with Crippen LogP contribution in [0.25, 0.3) is 16.9 Å². The number of nitrogens with two attached hydrogens (primary N) is 2. The molecule has 34 heavy (non-hydrogen) atoms. The number of benzene rings is 2. The Balaban J connectivity index is 0.000000440. The highest BCUT2D eigenvalue weighted by Gasteiger charge is 2.35. The maximum atomic E-state index is 13.1. The van der Waals surface area contributed by atoms with Gasteiger partial charge in [-0.15, -0.1) is 0 Å². The van der Waals surface area contributed by atoms with E-state index >= 15 is 0 Å². The number of hydrogen-bond donors (Lipinski definition) is 2. The van der Waals surface area contributed by atoms with E-state index in [0.29, 0.717) is 5.56 Å². The number of primary sulfonamides is 1. The minimum Gasteiger partial charge on any atom is -0.369 e. The van der Waals surface area contributed by atoms with Crippen LogP contribution < -0.4 is 10.9 Å². The summed E-state index contributed by atoms with van der Waals surface area (Å²) in [6.45, 7) is 5.81. The molecule has 3 rings (SSSR count). The van der Waals surface area contributed by atoms with Gasteiger partial charge in [0.05, 0.1) is 16.3 Å². The molecule has 0 bridgehead atoms. The number of aryl methyl sites for hydroxylation is 1. The summed E-state index contributed by atoms with van der Waals surface area (Å²) in [4.78, 5) is 10.2. The van der Waals surface area contributed by atoms with Gasteiger partial charge in [-0.25, -0.2) is 18.2 Å². The van der Waals surface area contributed by atoms with Crippen molar-refractivity contribution in [2.45, 2.75) is 44.7 Å². The molecule has 11 heteroatoms. The van der Waals surface area contributed by atoms with Gasteiger partial charge in [-0.2, -0.15) is 18.3 Å². The van der Waals surface area contributed by atoms with Crippen LogP contribution in [0.3, 0.4) is 0 Å². The molecule has 4 N–H and O–H groups in total. The molecule has 0 radical (unpaired) electrons. The highest BCUT2D eigenvalue weighted by Crippen LogP contribution is 2.33. The van der Waals surface area contributed by atoms with Crippen LogP contribution in [0.15, 0.2) is 59.5 Å². The summed E-state index contributed by atoms with van der Waals surface area (Å²) in [5, 5.41) is 8.70. The van der Waals surface area contributed by atoms with Gasteiger partial charge in [-0.05, 0) is 50.1 Å². The molecular formula is C23H27F3N4O3S. The highest BCUT2D eigenvalue weighted by atomic mass is 32.2. The van der Waals surface area contributed by atoms with Crippen molar-refractivity contribution in [3.8, 4) is 16.9 Å². The third kappa shape index (κ3) is 6.91. The summed E-state index contributed by atoms with van der Waals surface area (Å²) >= 11 is 0. The summed E-state index contributed by atoms with van der Waals surface area (Å²) in [5.41, 5.74) is 6.01. The molecule has 1 heterocycles. The number of aromatic nitrogens is 2. The molecule has 3 aromatic rings. The SMILES string of the molecule is CCC(CC)C(N)=O.Cc1ccc(-c2cc(C(F)(F)F)nn2-c2ccc(S(N)(=O)=O)cc2)cc1. The lowest BCUT2D eigenvalue weighted by atomic mass is 10.0. The lowest BCUT2D eigenvalue weighted by Gasteiger charge is -2.09. The van der Waals surface area contributed by atoms with E-state index in [9.17, 15) is 26.4 Å². The fourth-order valence-corrected chi connectivity index (χ4v) is 3.63. The summed E-state index contributed by atoms with van der Waals surface area (Å²) in [6, 6.07) is 13.1. The molecular weight excluding hydrogens is 469 g/mol. The Morgan fingerprint density at radius 1 is 1.03 bits per heavy atom. The van der Waals surface area contributed by atoms with Gasteiger partial charge in [-0.3, -0.25) is 4.79 Å². The van der Waals surface area contributed by atoms with Crippen LogP contribution in [0, 0.1) is 12.8 Å². The van der Waals surface area contributed by atoms with Crippen LogP contribution in [-0.2, 0) is 21.0 Å². The van der Waals surface area contributed by atoms with Crippen molar-refractivity contribution < 1.29 is 26.4 Å². The van der Waals surface area contributed by atoms with Gasteiger partial charge in [0, 0.05) is 11.5 Å². The number of amides is 1. The average molecular weight is 497 g/mol. The number of carbonyl (C=O) groups is 1. The maximum Gasteiger partial charge on any atom is 0.435 e. The fourth-order valence-electron chi connectivity index (χ4n) is 3.11. The number of sulfonamides is 1. The van der Waals surface area contributed by atoms with Gasteiger partial charge in [0.1, 0.15) is 0 Å². The first-order chi connectivity index (χ1) is 15.8. The van der Waals surface area contributed by atoms with Crippen LogP contribution in [0.2, 0.25) is 0 Å². The van der Waals surface area contributed by atoms with E-state index in [1.165, 1.54) is 24.3 Å². The van der Waals surface area contributed by atoms with Crippen molar-refractivity contribution in [2.75, 3.05) is 0 Å². The van der Waals surface area contributed by atoms with Crippen LogP contribution in [-0.4, -0.2) is 24.1 Å². The molecule has 0 aliphatic carbocycles. The van der Waals surface area contributed by atoms with Crippen molar-refractivity contribution in [1.82, 2.24) is 9.78 Å². The van der Waals surface area contributed by atoms with Gasteiger partial charge >= 0.3 is 6.18 Å². The van der Waals surface area contributed by atoms with E-state index in [-0.39, 0.29) is 28.1 Å². The third-order valence-electron chi connectivity index (χ3n) is 5.14. The fraction of sp³-hybridized carbons (Fsp3) is 0.304. The Labute approximate surface area is 196 Å². The van der Waals surface area contributed by atoms with Crippen molar-refractivity contribution in [1.29, 1.82) is 0 Å². The molecule has 0 unspecified atom stereocenters. The van der Waals surface area contributed by atoms with E-state index in [1.807, 2.05) is 20.8 Å². The number of carbonyl (C=O) groups excluding carboxylic acids is 1. The summed E-state index contributed by atoms with van der Waals surface area (Å²) in [6.07, 6.45) is -2.87. The van der Waals surface area contributed by atoms with E-state index in [4.69, 9.17) is 10.9 Å². The molecule has 0 aliphatic heterocycles. The smallest absolute Gasteiger partial charge is 0.369 e. The van der Waals surface area contributed by atoms with E-state index < -0.39 is 21.9 Å². The first-order valence-electron chi connectivity index (χ1n) is 10.4. The molecule has 0 fully saturated rings. The first-order valence-corrected chi connectivity index (χ1v) is 12.0. The standard InChI is InChI=1S/C17H14F3N3O2S.C6H13NO/c1-11-2-4-12(5-3-11)15-10-16(17(18,19)20)22-23(15)13-6-8-14(9-7-13)26(21,24)25;1-3-5(4-2)6(7)8/h2-10H,1H3,(H2,21,24,25);5H,3-4H2,1-2H3,(H2,7,8). The molecule has 1 aromatic heterocycles. The number of halogens is 3. The first kappa shape index (κ1) is 27.1. The lowest BCUT2D eigenvalue weighted by molar-refractivity contribution is -0.141. The molecule has 0 spiro atoms. The summed E-state index contributed by atoms with van der Waals surface area (Å²) < 4.78 is 63.2. The monoisotopic (exact) mass is 496 g/mol. The van der Waals surface area contributed by atoms with Gasteiger partial charge in [0.25, 0.3) is 0 Å². The molecule has 0 aliphatic rings. The van der Waals surface area contributed by atoms with Crippen molar-refractivity contribution in [2.24, 2.45) is 16.8 Å². The molecule has 2 aromatic carbocycles. The highest BCUT2D eigenvalue weighted by molar-refractivity contribution is 7.89. The predicted molar refractivity (Wildman–Crippen MR) is 123 cm³/mol. The molecule has 1 amide bonds. The minimum absolute atomic E-state index is 0.0926. The van der Waals surface area contributed by atoms with Crippen molar-refractivity contribution >= 4 is 15.9 Å². The zero-order chi connectivity index (χ0) is 25.7. The topological polar surface area (TPSA) is 121 Å². The van der Waals surface area contributed by atoms with Gasteiger partial charge in [0.15, 0.2) is 5.69 Å². The maximum absolute atomic E-state index is 13.1. The second-order valence-electron chi connectivity index (χ2n) is 7.65. The minimum atomic E-state index is -4.61. The number of hydrogen-bond acceptors (Lipinski definition) is 4. The van der Waals surface area contributed by atoms with Gasteiger partial charge in [0.2, 0.25) is 15.9 Å². The molecule has 184 valence electrons. The Kier molecular flexibility index (Phi) is 8.62. The molecule has 0 saturated heterocycles. The lowest BCUT2D eigenvalue weighted by Crippen LogP contribution is -2.21. The quantitative estimate of drug-likeness (QED) is 0.525. The summed E-state index contributed by atoms with van der Waals surface area (Å²) in [5.74, 6) is -0.0787. The Bertz CT molecular complexity index is 1220. The normalized spacial score (nSPS) is 11.8. The second kappa shape index (κ2) is 10.8. The summed E-state index contributed by atoms with van der Waals surface area (Å²) in [7, 11) is -3.90. The van der Waals surface area contributed by atoms with Crippen LogP contribution >= 0.6 is 0 Å². The zero-order valence-corrected chi connectivity index (χ0v) is 19.8. The third-order valence-corrected chi connectivity index (χ3v) is 6.07. The largest absolute Gasteiger partial charge is 0.435 e. The van der Waals surface area contributed by atoms with E-state index in [0.717, 1.165) is 29.2 Å². The molecule has 7 nitrogen and oxygen atoms in total. The van der Waals surface area contributed by atoms with Crippen LogP contribution in [0.4, 0.5) is 13.2 Å². The Morgan fingerprint density at radius 2 is 1.56 bits per heavy atom. The van der Waals surface area contributed by atoms with Crippen molar-refractivity contribution in [3.05, 3.63) is 65.9 Å². The van der Waals surface area contributed by atoms with E-state index in [1.54, 1.807) is 24.3 Å². The van der Waals surface area contributed by atoms with Gasteiger partial charge < -0.3 is 5.73 Å². The van der Waals surface area contributed by atoms with E-state index in [2.05, 4.69) is 5.10 Å². The predicted octanol–water partition coefficient (Wildman–Crippen LogP) is 4.42. The molecule has 0 saturated carbocycles. The second-order valence-corrected chi connectivity index (χ2v) is 9.21. The Morgan fingerprint density at radius 3 is 1.94 bits per heavy atom. The number of rotatable bonds is 6.